The number of benzene rings is 12. The van der Waals surface area contributed by atoms with Crippen molar-refractivity contribution in [3.63, 3.8) is 0 Å². The summed E-state index contributed by atoms with van der Waals surface area (Å²) in [4.78, 5) is 4.83. The van der Waals surface area contributed by atoms with Crippen LogP contribution in [-0.4, -0.2) is 0 Å². The number of anilines is 6. The Morgan fingerprint density at radius 3 is 0.701 bits per heavy atom. The van der Waals surface area contributed by atoms with E-state index in [4.69, 9.17) is 0 Å². The highest BCUT2D eigenvalue weighted by atomic mass is 15.1. The van der Waals surface area contributed by atoms with Crippen LogP contribution in [0.5, 0.6) is 0 Å². The summed E-state index contributed by atoms with van der Waals surface area (Å²) >= 11 is 0. The van der Waals surface area contributed by atoms with Gasteiger partial charge in [-0.1, -0.05) is 243 Å². The molecule has 77 heavy (non-hydrogen) atoms. The van der Waals surface area contributed by atoms with E-state index in [0.717, 1.165) is 34.1 Å². The van der Waals surface area contributed by atoms with Crippen LogP contribution in [-0.2, 0) is 5.41 Å². The minimum Gasteiger partial charge on any atom is -0.310 e. The Morgan fingerprint density at radius 2 is 0.429 bits per heavy atom. The van der Waals surface area contributed by atoms with Crippen molar-refractivity contribution >= 4 is 34.1 Å². The van der Waals surface area contributed by atoms with Gasteiger partial charge in [0.05, 0.1) is 5.41 Å². The molecule has 2 aliphatic rings. The van der Waals surface area contributed by atoms with Gasteiger partial charge in [0.2, 0.25) is 0 Å². The summed E-state index contributed by atoms with van der Waals surface area (Å²) in [5.41, 5.74) is 23.5. The summed E-state index contributed by atoms with van der Waals surface area (Å²) in [6.45, 7) is 0. The zero-order chi connectivity index (χ0) is 51.1. The van der Waals surface area contributed by atoms with Crippen molar-refractivity contribution in [1.29, 1.82) is 0 Å². The minimum absolute atomic E-state index is 0.00381. The Hall–Kier alpha value is -9.76. The van der Waals surface area contributed by atoms with E-state index in [1.54, 1.807) is 0 Å². The smallest absolute Gasteiger partial charge is 0.0727 e. The zero-order valence-corrected chi connectivity index (χ0v) is 42.6. The van der Waals surface area contributed by atoms with E-state index in [0.29, 0.717) is 0 Å². The molecule has 0 saturated carbocycles. The maximum absolute atomic E-state index is 2.59. The minimum atomic E-state index is -0.763. The molecule has 2 nitrogen and oxygen atoms in total. The topological polar surface area (TPSA) is 6.48 Å². The first-order chi connectivity index (χ1) is 38.2. The lowest BCUT2D eigenvalue weighted by Gasteiger charge is -2.34. The van der Waals surface area contributed by atoms with Gasteiger partial charge in [-0.15, -0.1) is 0 Å². The average molecular weight is 983 g/mol. The maximum Gasteiger partial charge on any atom is 0.0727 e. The van der Waals surface area contributed by atoms with Gasteiger partial charge in [-0.05, 0) is 151 Å². The quantitative estimate of drug-likeness (QED) is 0.113. The first-order valence-corrected chi connectivity index (χ1v) is 26.8. The molecular weight excluding hydrogens is 929 g/mol. The fraction of sp³-hybridized carbons (Fsp3) is 0.0400. The molecule has 0 heterocycles. The summed E-state index contributed by atoms with van der Waals surface area (Å²) in [5.74, 6) is -0.00762. The predicted octanol–water partition coefficient (Wildman–Crippen LogP) is 19.3. The van der Waals surface area contributed by atoms with E-state index in [2.05, 4.69) is 325 Å². The van der Waals surface area contributed by atoms with E-state index >= 15 is 0 Å². The van der Waals surface area contributed by atoms with Crippen LogP contribution in [0.4, 0.5) is 34.1 Å². The summed E-state index contributed by atoms with van der Waals surface area (Å²) in [6, 6.07) is 117. The molecule has 12 aromatic rings. The van der Waals surface area contributed by atoms with Gasteiger partial charge in [-0.2, -0.15) is 0 Å². The molecule has 364 valence electrons. The molecule has 2 aliphatic carbocycles. The molecule has 0 fully saturated rings. The summed E-state index contributed by atoms with van der Waals surface area (Å²) < 4.78 is 0. The van der Waals surface area contributed by atoms with E-state index in [9.17, 15) is 0 Å². The fourth-order valence-electron chi connectivity index (χ4n) is 12.8. The maximum atomic E-state index is 2.59. The van der Waals surface area contributed by atoms with Crippen molar-refractivity contribution in [2.75, 3.05) is 9.80 Å². The van der Waals surface area contributed by atoms with Crippen molar-refractivity contribution in [3.05, 3.63) is 371 Å². The van der Waals surface area contributed by atoms with Gasteiger partial charge >= 0.3 is 0 Å². The number of fused-ring (bicyclic) bond motifs is 10. The summed E-state index contributed by atoms with van der Waals surface area (Å²) in [5, 5.41) is 0. The molecule has 0 radical (unpaired) electrons. The van der Waals surface area contributed by atoms with Crippen LogP contribution in [0.2, 0.25) is 0 Å². The van der Waals surface area contributed by atoms with E-state index in [1.165, 1.54) is 77.9 Å². The molecule has 1 spiro atoms. The van der Waals surface area contributed by atoms with Crippen molar-refractivity contribution in [2.45, 2.75) is 17.3 Å². The molecular formula is C75H54N2. The number of nitrogens with zero attached hydrogens (tertiary/aromatic N) is 2. The molecule has 0 N–H and O–H groups in total. The predicted molar refractivity (Wildman–Crippen MR) is 320 cm³/mol. The highest BCUT2D eigenvalue weighted by Gasteiger charge is 2.53. The Bertz CT molecular complexity index is 3320. The molecule has 0 bridgehead atoms. The average Bonchev–Trinajstić information content (AvgIpc) is 4.19. The van der Waals surface area contributed by atoms with Gasteiger partial charge in [0.1, 0.15) is 0 Å². The second-order valence-electron chi connectivity index (χ2n) is 20.3. The lowest BCUT2D eigenvalue weighted by Crippen LogP contribution is -2.27. The van der Waals surface area contributed by atoms with E-state index in [-0.39, 0.29) is 11.8 Å². The van der Waals surface area contributed by atoms with Crippen LogP contribution >= 0.6 is 0 Å². The summed E-state index contributed by atoms with van der Waals surface area (Å²) in [7, 11) is 0. The number of para-hydroxylation sites is 4. The molecule has 12 aromatic carbocycles. The molecule has 0 aliphatic heterocycles. The van der Waals surface area contributed by atoms with Gasteiger partial charge < -0.3 is 9.80 Å². The molecule has 0 aromatic heterocycles. The van der Waals surface area contributed by atoms with Gasteiger partial charge in [0.25, 0.3) is 0 Å². The third-order valence-corrected chi connectivity index (χ3v) is 16.1. The number of rotatable bonds is 12. The molecule has 14 rings (SSSR count). The monoisotopic (exact) mass is 982 g/mol. The Balaban J connectivity index is 1.10. The normalized spacial score (nSPS) is 12.5. The van der Waals surface area contributed by atoms with Crippen molar-refractivity contribution < 1.29 is 0 Å². The van der Waals surface area contributed by atoms with Crippen LogP contribution in [0.25, 0.3) is 22.3 Å². The van der Waals surface area contributed by atoms with Crippen molar-refractivity contribution in [1.82, 2.24) is 0 Å². The van der Waals surface area contributed by atoms with Crippen LogP contribution in [0.1, 0.15) is 67.5 Å². The summed E-state index contributed by atoms with van der Waals surface area (Å²) in [6.07, 6.45) is 0. The fourth-order valence-corrected chi connectivity index (χ4v) is 12.8. The third-order valence-electron chi connectivity index (χ3n) is 16.1. The largest absolute Gasteiger partial charge is 0.310 e. The Labute approximate surface area is 452 Å². The molecule has 0 unspecified atom stereocenters. The van der Waals surface area contributed by atoms with E-state index < -0.39 is 5.41 Å². The second kappa shape index (κ2) is 19.5. The third kappa shape index (κ3) is 7.88. The molecule has 0 amide bonds. The van der Waals surface area contributed by atoms with Gasteiger partial charge in [0.15, 0.2) is 0 Å². The lowest BCUT2D eigenvalue weighted by molar-refractivity contribution is 0.785. The first-order valence-electron chi connectivity index (χ1n) is 26.8. The zero-order valence-electron chi connectivity index (χ0n) is 42.6. The van der Waals surface area contributed by atoms with E-state index in [1.807, 2.05) is 0 Å². The molecule has 2 heteroatoms. The SMILES string of the molecule is c1ccc(C(c2ccccc2)c2ccc3c(c2)C2(c4cc(C(c5ccccc5)c5ccccc5)ccc4-c4ccc(N(c5ccccc5)c5ccccc5)cc42)c2cc(N(c4ccccc4)c4ccccc4)ccc2-3)cc1. The van der Waals surface area contributed by atoms with Crippen LogP contribution in [0.15, 0.2) is 315 Å². The Morgan fingerprint density at radius 1 is 0.195 bits per heavy atom. The lowest BCUT2D eigenvalue weighted by atomic mass is 9.69. The molecule has 0 saturated heterocycles. The van der Waals surface area contributed by atoms with Crippen LogP contribution < -0.4 is 9.80 Å². The van der Waals surface area contributed by atoms with Gasteiger partial charge in [0, 0.05) is 46.0 Å². The van der Waals surface area contributed by atoms with Crippen molar-refractivity contribution in [2.24, 2.45) is 0 Å². The van der Waals surface area contributed by atoms with Crippen LogP contribution in [0.3, 0.4) is 0 Å². The standard InChI is InChI=1S/C75H54N2/c1-9-25-53(26-10-1)73(54-27-11-2-12-28-54)57-41-45-65-67-47-43-63(76(59-33-17-5-18-34-59)60-35-19-6-20-36-60)51-71(67)75(69(65)49-57)70-50-58(74(55-29-13-3-14-30-55)56-31-15-4-16-32-56)42-46-66(70)68-48-44-64(52-72(68)75)77(61-37-21-7-22-38-61)62-39-23-8-24-40-62/h1-52,73-74H. The van der Waals surface area contributed by atoms with Gasteiger partial charge in [-0.25, -0.2) is 0 Å². The highest BCUT2D eigenvalue weighted by molar-refractivity contribution is 5.98. The van der Waals surface area contributed by atoms with Gasteiger partial charge in [-0.3, -0.25) is 0 Å². The Kier molecular flexibility index (Phi) is 11.6. The first kappa shape index (κ1) is 45.8. The van der Waals surface area contributed by atoms with Crippen LogP contribution in [0, 0.1) is 0 Å². The highest BCUT2D eigenvalue weighted by Crippen LogP contribution is 2.65. The van der Waals surface area contributed by atoms with Crippen molar-refractivity contribution in [3.8, 4) is 22.3 Å². The second-order valence-corrected chi connectivity index (χ2v) is 20.3. The number of hydrogen-bond acceptors (Lipinski definition) is 2. The number of hydrogen-bond donors (Lipinski definition) is 0. The molecule has 0 atom stereocenters.